The van der Waals surface area contributed by atoms with E-state index in [2.05, 4.69) is 20.8 Å². The zero-order valence-corrected chi connectivity index (χ0v) is 17.9. The molecule has 0 radical (unpaired) electrons. The molecule has 0 saturated heterocycles. The molecule has 10 atom stereocenters. The summed E-state index contributed by atoms with van der Waals surface area (Å²) in [7, 11) is 0. The number of carboxylic acids is 1. The molecule has 0 aliphatic heterocycles. The van der Waals surface area contributed by atoms with Gasteiger partial charge in [-0.3, -0.25) is 4.79 Å². The average Bonchev–Trinajstić information content (AvgIpc) is 2.99. The third-order valence-corrected chi connectivity index (χ3v) is 10.2. The van der Waals surface area contributed by atoms with Gasteiger partial charge in [0, 0.05) is 6.42 Å². The Labute approximate surface area is 170 Å². The molecule has 160 valence electrons. The molecule has 8 unspecified atom stereocenters. The summed E-state index contributed by atoms with van der Waals surface area (Å²) in [5.74, 6) is 2.61. The van der Waals surface area contributed by atoms with Crippen molar-refractivity contribution < 1.29 is 20.1 Å². The lowest BCUT2D eigenvalue weighted by atomic mass is 9.44. The van der Waals surface area contributed by atoms with Crippen LogP contribution in [0.4, 0.5) is 0 Å². The number of aliphatic hydroxyl groups is 2. The molecule has 4 aliphatic rings. The first-order valence-electron chi connectivity index (χ1n) is 11.7. The van der Waals surface area contributed by atoms with Gasteiger partial charge in [-0.05, 0) is 104 Å². The molecule has 0 aromatic rings. The Hall–Kier alpha value is -0.610. The fourth-order valence-electron chi connectivity index (χ4n) is 8.81. The minimum absolute atomic E-state index is 0.176. The van der Waals surface area contributed by atoms with Crippen LogP contribution < -0.4 is 0 Å². The molecule has 0 bridgehead atoms. The summed E-state index contributed by atoms with van der Waals surface area (Å²) in [4.78, 5) is 11.1. The standard InChI is InChI=1S/C24H40O4/c1-14(4-7-22(27)28)17-5-6-18-16-13-21(26)20-12-15(25)8-10-24(20,3)19(16)9-11-23(17,18)2/h14-21,25-26H,4-13H2,1-3H3,(H,27,28)/t14?,15?,16?,17?,18?,19?,20?,21?,23-,24-/m1/s1. The Kier molecular flexibility index (Phi) is 5.36. The monoisotopic (exact) mass is 392 g/mol. The van der Waals surface area contributed by atoms with Crippen molar-refractivity contribution in [3.05, 3.63) is 0 Å². The summed E-state index contributed by atoms with van der Waals surface area (Å²) < 4.78 is 0. The van der Waals surface area contributed by atoms with Crippen molar-refractivity contribution in [2.45, 2.75) is 97.2 Å². The number of aliphatic carboxylic acids is 1. The van der Waals surface area contributed by atoms with Crippen molar-refractivity contribution in [2.75, 3.05) is 0 Å². The number of fused-ring (bicyclic) bond motifs is 5. The van der Waals surface area contributed by atoms with E-state index in [1.54, 1.807) is 0 Å². The summed E-state index contributed by atoms with van der Waals surface area (Å²) in [6.07, 6.45) is 9.16. The van der Waals surface area contributed by atoms with Crippen molar-refractivity contribution in [1.29, 1.82) is 0 Å². The molecule has 4 rings (SSSR count). The predicted molar refractivity (Wildman–Crippen MR) is 109 cm³/mol. The second kappa shape index (κ2) is 7.27. The number of carboxylic acid groups (broad SMARTS) is 1. The Morgan fingerprint density at radius 2 is 1.64 bits per heavy atom. The van der Waals surface area contributed by atoms with Crippen molar-refractivity contribution >= 4 is 5.97 Å². The first-order valence-corrected chi connectivity index (χ1v) is 11.7. The molecular formula is C24H40O4. The normalized spacial score (nSPS) is 51.7. The number of rotatable bonds is 4. The van der Waals surface area contributed by atoms with Crippen molar-refractivity contribution in [3.8, 4) is 0 Å². The fourth-order valence-corrected chi connectivity index (χ4v) is 8.81. The van der Waals surface area contributed by atoms with Gasteiger partial charge in [-0.25, -0.2) is 0 Å². The quantitative estimate of drug-likeness (QED) is 0.659. The Bertz CT molecular complexity index is 605. The molecule has 3 N–H and O–H groups in total. The highest BCUT2D eigenvalue weighted by atomic mass is 16.4. The highest BCUT2D eigenvalue weighted by molar-refractivity contribution is 5.66. The highest BCUT2D eigenvalue weighted by Gasteiger charge is 2.62. The van der Waals surface area contributed by atoms with E-state index in [-0.39, 0.29) is 30.0 Å². The van der Waals surface area contributed by atoms with E-state index in [1.807, 2.05) is 0 Å². The van der Waals surface area contributed by atoms with E-state index in [0.29, 0.717) is 35.0 Å². The second-order valence-corrected chi connectivity index (χ2v) is 11.4. The molecule has 0 amide bonds. The van der Waals surface area contributed by atoms with Gasteiger partial charge in [0.25, 0.3) is 0 Å². The second-order valence-electron chi connectivity index (χ2n) is 11.4. The van der Waals surface area contributed by atoms with Crippen LogP contribution >= 0.6 is 0 Å². The van der Waals surface area contributed by atoms with Crippen LogP contribution in [0.5, 0.6) is 0 Å². The average molecular weight is 393 g/mol. The minimum Gasteiger partial charge on any atom is -0.481 e. The smallest absolute Gasteiger partial charge is 0.303 e. The molecule has 28 heavy (non-hydrogen) atoms. The Morgan fingerprint density at radius 3 is 2.36 bits per heavy atom. The van der Waals surface area contributed by atoms with Gasteiger partial charge >= 0.3 is 5.97 Å². The number of carbonyl (C=O) groups is 1. The van der Waals surface area contributed by atoms with Gasteiger partial charge in [0.15, 0.2) is 0 Å². The number of hydrogen-bond acceptors (Lipinski definition) is 3. The lowest BCUT2D eigenvalue weighted by molar-refractivity contribution is -0.172. The minimum atomic E-state index is -0.677. The molecule has 4 fully saturated rings. The molecular weight excluding hydrogens is 352 g/mol. The van der Waals surface area contributed by atoms with Crippen LogP contribution in [0.15, 0.2) is 0 Å². The van der Waals surface area contributed by atoms with Crippen molar-refractivity contribution in [1.82, 2.24) is 0 Å². The van der Waals surface area contributed by atoms with E-state index < -0.39 is 5.97 Å². The summed E-state index contributed by atoms with van der Waals surface area (Å²) in [6.45, 7) is 7.16. The summed E-state index contributed by atoms with van der Waals surface area (Å²) in [5.41, 5.74) is 0.478. The van der Waals surface area contributed by atoms with E-state index >= 15 is 0 Å². The lowest BCUT2D eigenvalue weighted by Crippen LogP contribution is -2.58. The van der Waals surface area contributed by atoms with E-state index in [4.69, 9.17) is 5.11 Å². The van der Waals surface area contributed by atoms with E-state index in [0.717, 1.165) is 32.1 Å². The van der Waals surface area contributed by atoms with Gasteiger partial charge in [0.1, 0.15) is 0 Å². The van der Waals surface area contributed by atoms with Crippen molar-refractivity contribution in [3.63, 3.8) is 0 Å². The molecule has 0 aromatic heterocycles. The third-order valence-electron chi connectivity index (χ3n) is 10.2. The third kappa shape index (κ3) is 3.14. The number of hydrogen-bond donors (Lipinski definition) is 3. The van der Waals surface area contributed by atoms with Crippen LogP contribution in [0.2, 0.25) is 0 Å². The van der Waals surface area contributed by atoms with Gasteiger partial charge in [-0.2, -0.15) is 0 Å². The zero-order chi connectivity index (χ0) is 20.3. The van der Waals surface area contributed by atoms with Gasteiger partial charge in [-0.1, -0.05) is 20.8 Å². The SMILES string of the molecule is CC(CCC(=O)O)C1CCC2C3CC(O)C4CC(O)CC[C@]4(C)C3CC[C@]12C. The molecule has 4 saturated carbocycles. The predicted octanol–water partition coefficient (Wildman–Crippen LogP) is 4.48. The maximum atomic E-state index is 11.1. The number of aliphatic hydroxyl groups excluding tert-OH is 2. The van der Waals surface area contributed by atoms with Crippen LogP contribution in [-0.4, -0.2) is 33.5 Å². The first-order chi connectivity index (χ1) is 13.2. The Morgan fingerprint density at radius 1 is 0.964 bits per heavy atom. The van der Waals surface area contributed by atoms with Gasteiger partial charge in [0.2, 0.25) is 0 Å². The molecule has 0 heterocycles. The molecule has 4 nitrogen and oxygen atoms in total. The first kappa shape index (κ1) is 20.7. The Balaban J connectivity index is 1.55. The molecule has 0 aromatic carbocycles. The van der Waals surface area contributed by atoms with E-state index in [9.17, 15) is 15.0 Å². The molecule has 4 aliphatic carbocycles. The summed E-state index contributed by atoms with van der Waals surface area (Å²) in [5, 5.41) is 30.4. The maximum absolute atomic E-state index is 11.1. The molecule has 4 heteroatoms. The van der Waals surface area contributed by atoms with Crippen molar-refractivity contribution in [2.24, 2.45) is 46.3 Å². The zero-order valence-electron chi connectivity index (χ0n) is 17.9. The highest BCUT2D eigenvalue weighted by Crippen LogP contribution is 2.68. The molecule has 0 spiro atoms. The summed E-state index contributed by atoms with van der Waals surface area (Å²) >= 11 is 0. The van der Waals surface area contributed by atoms with Gasteiger partial charge in [-0.15, -0.1) is 0 Å². The van der Waals surface area contributed by atoms with Gasteiger partial charge in [0.05, 0.1) is 12.2 Å². The lowest BCUT2D eigenvalue weighted by Gasteiger charge is -2.62. The fraction of sp³-hybridized carbons (Fsp3) is 0.958. The van der Waals surface area contributed by atoms with Crippen LogP contribution in [0.25, 0.3) is 0 Å². The van der Waals surface area contributed by atoms with Crippen LogP contribution in [0.3, 0.4) is 0 Å². The largest absolute Gasteiger partial charge is 0.481 e. The summed E-state index contributed by atoms with van der Waals surface area (Å²) in [6, 6.07) is 0. The topological polar surface area (TPSA) is 77.8 Å². The van der Waals surface area contributed by atoms with Gasteiger partial charge < -0.3 is 15.3 Å². The van der Waals surface area contributed by atoms with E-state index in [1.165, 1.54) is 25.7 Å². The maximum Gasteiger partial charge on any atom is 0.303 e. The van der Waals surface area contributed by atoms with Crippen LogP contribution in [0.1, 0.15) is 85.0 Å². The van der Waals surface area contributed by atoms with Crippen LogP contribution in [0, 0.1) is 46.3 Å². The van der Waals surface area contributed by atoms with Crippen LogP contribution in [-0.2, 0) is 4.79 Å².